The van der Waals surface area contributed by atoms with Crippen LogP contribution in [0.25, 0.3) is 10.9 Å². The van der Waals surface area contributed by atoms with Gasteiger partial charge < -0.3 is 16.2 Å². The molecule has 1 aromatic heterocycles. The van der Waals surface area contributed by atoms with Crippen molar-refractivity contribution in [2.45, 2.75) is 32.5 Å². The summed E-state index contributed by atoms with van der Waals surface area (Å²) in [5.74, 6) is -1.54. The maximum atomic E-state index is 12.9. The Balaban J connectivity index is 2.76. The van der Waals surface area contributed by atoms with Gasteiger partial charge in [0.25, 0.3) is 5.91 Å². The van der Waals surface area contributed by atoms with Crippen LogP contribution in [0.5, 0.6) is 5.88 Å². The number of fused-ring (bicyclic) bond motifs is 1. The lowest BCUT2D eigenvalue weighted by Crippen LogP contribution is -2.40. The second kappa shape index (κ2) is 5.43. The number of alkyl halides is 3. The van der Waals surface area contributed by atoms with Crippen molar-refractivity contribution >= 4 is 22.8 Å². The number of benzene rings is 1. The first-order valence-corrected chi connectivity index (χ1v) is 6.90. The Morgan fingerprint density at radius 1 is 1.21 bits per heavy atom. The van der Waals surface area contributed by atoms with E-state index in [1.54, 1.807) is 20.8 Å². The van der Waals surface area contributed by atoms with E-state index in [4.69, 9.17) is 5.73 Å². The summed E-state index contributed by atoms with van der Waals surface area (Å²) < 4.78 is 39.1. The predicted octanol–water partition coefficient (Wildman–Crippen LogP) is 2.82. The molecule has 2 rings (SSSR count). The number of hydrogen-bond acceptors (Lipinski definition) is 3. The van der Waals surface area contributed by atoms with Gasteiger partial charge in [0.1, 0.15) is 5.56 Å². The molecule has 2 amide bonds. The van der Waals surface area contributed by atoms with Gasteiger partial charge >= 0.3 is 12.2 Å². The molecule has 2 aromatic rings. The quantitative estimate of drug-likeness (QED) is 0.743. The normalized spacial score (nSPS) is 12.4. The topological polar surface area (TPSA) is 97.3 Å². The SMILES string of the molecule is CC(C)(C)NC(=O)c1c(O)n(C(N)=O)c2cc(C(F)(F)F)ccc12. The van der Waals surface area contributed by atoms with Crippen molar-refractivity contribution in [1.29, 1.82) is 0 Å². The molecule has 0 atom stereocenters. The highest BCUT2D eigenvalue weighted by Crippen LogP contribution is 2.36. The summed E-state index contributed by atoms with van der Waals surface area (Å²) in [6.45, 7) is 5.07. The number of aromatic nitrogens is 1. The van der Waals surface area contributed by atoms with Crippen LogP contribution in [-0.2, 0) is 6.18 Å². The average molecular weight is 343 g/mol. The minimum atomic E-state index is -4.65. The highest BCUT2D eigenvalue weighted by molar-refractivity contribution is 6.12. The van der Waals surface area contributed by atoms with Gasteiger partial charge in [-0.05, 0) is 32.9 Å². The Labute approximate surface area is 135 Å². The summed E-state index contributed by atoms with van der Waals surface area (Å²) in [4.78, 5) is 23.9. The van der Waals surface area contributed by atoms with Gasteiger partial charge in [-0.15, -0.1) is 0 Å². The van der Waals surface area contributed by atoms with E-state index in [0.717, 1.165) is 12.1 Å². The Morgan fingerprint density at radius 2 is 1.79 bits per heavy atom. The zero-order chi connectivity index (χ0) is 18.4. The second-order valence-electron chi connectivity index (χ2n) is 6.31. The molecule has 0 radical (unpaired) electrons. The zero-order valence-electron chi connectivity index (χ0n) is 13.2. The van der Waals surface area contributed by atoms with Gasteiger partial charge in [0, 0.05) is 10.9 Å². The van der Waals surface area contributed by atoms with Gasteiger partial charge in [-0.2, -0.15) is 13.2 Å². The summed E-state index contributed by atoms with van der Waals surface area (Å²) in [5, 5.41) is 12.7. The molecule has 0 spiro atoms. The summed E-state index contributed by atoms with van der Waals surface area (Å²) >= 11 is 0. The first-order valence-electron chi connectivity index (χ1n) is 6.90. The third-order valence-electron chi connectivity index (χ3n) is 3.21. The minimum absolute atomic E-state index is 0.0129. The number of nitrogens with two attached hydrogens (primary N) is 1. The molecule has 0 aliphatic carbocycles. The Hall–Kier alpha value is -2.71. The lowest BCUT2D eigenvalue weighted by Gasteiger charge is -2.20. The number of hydrogen-bond donors (Lipinski definition) is 3. The lowest BCUT2D eigenvalue weighted by molar-refractivity contribution is -0.137. The molecule has 1 aromatic carbocycles. The Kier molecular flexibility index (Phi) is 3.99. The van der Waals surface area contributed by atoms with Crippen LogP contribution >= 0.6 is 0 Å². The van der Waals surface area contributed by atoms with Crippen LogP contribution in [0.1, 0.15) is 36.7 Å². The minimum Gasteiger partial charge on any atom is -0.494 e. The van der Waals surface area contributed by atoms with Gasteiger partial charge in [-0.3, -0.25) is 4.79 Å². The number of amides is 2. The fourth-order valence-electron chi connectivity index (χ4n) is 2.30. The highest BCUT2D eigenvalue weighted by atomic mass is 19.4. The van der Waals surface area contributed by atoms with E-state index < -0.39 is 35.1 Å². The second-order valence-corrected chi connectivity index (χ2v) is 6.31. The molecule has 0 aliphatic rings. The predicted molar refractivity (Wildman–Crippen MR) is 80.8 cm³/mol. The number of rotatable bonds is 1. The molecule has 4 N–H and O–H groups in total. The standard InChI is InChI=1S/C15H16F3N3O3/c1-14(2,3)20-11(22)10-8-5-4-7(15(16,17)18)6-9(8)21(12(10)23)13(19)24/h4-6,23H,1-3H3,(H2,19,24)(H,20,22). The molecular weight excluding hydrogens is 327 g/mol. The number of primary amides is 1. The maximum absolute atomic E-state index is 12.9. The van der Waals surface area contributed by atoms with Gasteiger partial charge in [-0.25, -0.2) is 9.36 Å². The molecule has 24 heavy (non-hydrogen) atoms. The van der Waals surface area contributed by atoms with E-state index >= 15 is 0 Å². The monoisotopic (exact) mass is 343 g/mol. The molecule has 0 unspecified atom stereocenters. The largest absolute Gasteiger partial charge is 0.494 e. The fourth-order valence-corrected chi connectivity index (χ4v) is 2.30. The van der Waals surface area contributed by atoms with E-state index in [0.29, 0.717) is 10.6 Å². The molecule has 0 fully saturated rings. The van der Waals surface area contributed by atoms with Gasteiger partial charge in [-0.1, -0.05) is 6.07 Å². The molecule has 6 nitrogen and oxygen atoms in total. The van der Waals surface area contributed by atoms with Gasteiger partial charge in [0.05, 0.1) is 11.1 Å². The summed E-state index contributed by atoms with van der Waals surface area (Å²) in [7, 11) is 0. The Morgan fingerprint density at radius 3 is 2.25 bits per heavy atom. The van der Waals surface area contributed by atoms with E-state index in [1.165, 1.54) is 0 Å². The molecule has 1 heterocycles. The molecule has 0 saturated carbocycles. The smallest absolute Gasteiger partial charge is 0.416 e. The van der Waals surface area contributed by atoms with E-state index in [1.807, 2.05) is 0 Å². The van der Waals surface area contributed by atoms with Crippen LogP contribution < -0.4 is 11.1 Å². The van der Waals surface area contributed by atoms with Crippen molar-refractivity contribution < 1.29 is 27.9 Å². The molecule has 0 aliphatic heterocycles. The summed E-state index contributed by atoms with van der Waals surface area (Å²) in [5.41, 5.74) is 2.84. The van der Waals surface area contributed by atoms with Crippen molar-refractivity contribution in [2.75, 3.05) is 0 Å². The molecular formula is C15H16F3N3O3. The number of nitrogens with zero attached hydrogens (tertiary/aromatic N) is 1. The van der Waals surface area contributed by atoms with Gasteiger partial charge in [0.15, 0.2) is 0 Å². The molecule has 9 heteroatoms. The van der Waals surface area contributed by atoms with Crippen molar-refractivity contribution in [3.8, 4) is 5.88 Å². The van der Waals surface area contributed by atoms with Crippen molar-refractivity contribution in [3.05, 3.63) is 29.3 Å². The van der Waals surface area contributed by atoms with Gasteiger partial charge in [0.2, 0.25) is 5.88 Å². The van der Waals surface area contributed by atoms with Crippen LogP contribution in [0.3, 0.4) is 0 Å². The van der Waals surface area contributed by atoms with Crippen LogP contribution in [0, 0.1) is 0 Å². The summed E-state index contributed by atoms with van der Waals surface area (Å²) in [6.07, 6.45) is -4.65. The maximum Gasteiger partial charge on any atom is 0.416 e. The van der Waals surface area contributed by atoms with Crippen molar-refractivity contribution in [2.24, 2.45) is 5.73 Å². The zero-order valence-corrected chi connectivity index (χ0v) is 13.2. The number of nitrogens with one attached hydrogen (secondary N) is 1. The molecule has 130 valence electrons. The fraction of sp³-hybridized carbons (Fsp3) is 0.333. The van der Waals surface area contributed by atoms with Crippen LogP contribution in [0.2, 0.25) is 0 Å². The van der Waals surface area contributed by atoms with E-state index in [2.05, 4.69) is 5.32 Å². The van der Waals surface area contributed by atoms with Crippen LogP contribution in [-0.4, -0.2) is 27.2 Å². The highest BCUT2D eigenvalue weighted by Gasteiger charge is 2.33. The van der Waals surface area contributed by atoms with Crippen LogP contribution in [0.4, 0.5) is 18.0 Å². The number of halogens is 3. The third-order valence-corrected chi connectivity index (χ3v) is 3.21. The third kappa shape index (κ3) is 3.15. The van der Waals surface area contributed by atoms with Crippen LogP contribution in [0.15, 0.2) is 18.2 Å². The van der Waals surface area contributed by atoms with E-state index in [9.17, 15) is 27.9 Å². The number of aromatic hydroxyl groups is 1. The summed E-state index contributed by atoms with van der Waals surface area (Å²) in [6, 6.07) is 1.25. The molecule has 0 bridgehead atoms. The van der Waals surface area contributed by atoms with Crippen molar-refractivity contribution in [3.63, 3.8) is 0 Å². The first-order chi connectivity index (χ1) is 10.8. The first kappa shape index (κ1) is 17.6. The number of carbonyl (C=O) groups excluding carboxylic acids is 2. The average Bonchev–Trinajstić information content (AvgIpc) is 2.66. The molecule has 0 saturated heterocycles. The van der Waals surface area contributed by atoms with E-state index in [-0.39, 0.29) is 16.5 Å². The number of carbonyl (C=O) groups is 2. The Bertz CT molecular complexity index is 832. The van der Waals surface area contributed by atoms with Crippen molar-refractivity contribution in [1.82, 2.24) is 9.88 Å². The lowest BCUT2D eigenvalue weighted by atomic mass is 10.1.